The van der Waals surface area contributed by atoms with Gasteiger partial charge in [0, 0.05) is 12.1 Å². The van der Waals surface area contributed by atoms with E-state index in [9.17, 15) is 4.79 Å². The second-order valence-corrected chi connectivity index (χ2v) is 4.84. The Labute approximate surface area is 107 Å². The third kappa shape index (κ3) is 3.30. The molecule has 1 amide bonds. The van der Waals surface area contributed by atoms with Crippen molar-refractivity contribution in [1.29, 1.82) is 0 Å². The normalized spacial score (nSPS) is 18.2. The first-order chi connectivity index (χ1) is 8.66. The van der Waals surface area contributed by atoms with E-state index in [0.717, 1.165) is 25.9 Å². The van der Waals surface area contributed by atoms with Gasteiger partial charge in [0.15, 0.2) is 5.69 Å². The number of nitrogens with zero attached hydrogens (tertiary/aromatic N) is 3. The van der Waals surface area contributed by atoms with Crippen molar-refractivity contribution < 1.29 is 9.32 Å². The van der Waals surface area contributed by atoms with E-state index in [0.29, 0.717) is 18.4 Å². The van der Waals surface area contributed by atoms with Gasteiger partial charge in [0.25, 0.3) is 5.91 Å². The Hall–Kier alpha value is -1.40. The van der Waals surface area contributed by atoms with E-state index in [4.69, 9.17) is 0 Å². The molecule has 1 saturated heterocycles. The van der Waals surface area contributed by atoms with Crippen molar-refractivity contribution in [3.05, 3.63) is 18.0 Å². The van der Waals surface area contributed by atoms with Crippen LogP contribution in [0.15, 0.2) is 16.9 Å². The first-order valence-electron chi connectivity index (χ1n) is 6.24. The van der Waals surface area contributed by atoms with Crippen LogP contribution in [0.4, 0.5) is 0 Å². The topological polar surface area (TPSA) is 61.6 Å². The van der Waals surface area contributed by atoms with Crippen molar-refractivity contribution in [2.75, 3.05) is 33.9 Å². The second-order valence-electron chi connectivity index (χ2n) is 4.84. The van der Waals surface area contributed by atoms with Crippen LogP contribution in [0.25, 0.3) is 0 Å². The van der Waals surface area contributed by atoms with E-state index in [1.54, 1.807) is 6.07 Å². The number of amides is 1. The number of nitrogens with one attached hydrogen (secondary N) is 1. The Bertz CT molecular complexity index is 371. The maximum Gasteiger partial charge on any atom is 0.274 e. The van der Waals surface area contributed by atoms with Gasteiger partial charge in [-0.1, -0.05) is 5.16 Å². The van der Waals surface area contributed by atoms with Crippen LogP contribution < -0.4 is 5.32 Å². The predicted octanol–water partition coefficient (Wildman–Crippen LogP) is 0.388. The molecule has 0 radical (unpaired) electrons. The van der Waals surface area contributed by atoms with Crippen LogP contribution in [0.2, 0.25) is 0 Å². The molecule has 1 N–H and O–H groups in total. The Morgan fingerprint density at radius 2 is 2.33 bits per heavy atom. The summed E-state index contributed by atoms with van der Waals surface area (Å²) in [5.74, 6) is -0.191. The van der Waals surface area contributed by atoms with Crippen molar-refractivity contribution in [2.24, 2.45) is 0 Å². The SMILES string of the molecule is CN1CCC(N(C)CNC(=O)c2ccon2)CC1. The van der Waals surface area contributed by atoms with Gasteiger partial charge in [-0.15, -0.1) is 0 Å². The van der Waals surface area contributed by atoms with Crippen LogP contribution in [0, 0.1) is 0 Å². The number of aromatic nitrogens is 1. The highest BCUT2D eigenvalue weighted by molar-refractivity contribution is 5.91. The van der Waals surface area contributed by atoms with Crippen molar-refractivity contribution in [3.63, 3.8) is 0 Å². The van der Waals surface area contributed by atoms with Gasteiger partial charge in [0.05, 0.1) is 6.67 Å². The van der Waals surface area contributed by atoms with E-state index >= 15 is 0 Å². The average molecular weight is 252 g/mol. The number of hydrogen-bond donors (Lipinski definition) is 1. The van der Waals surface area contributed by atoms with Crippen molar-refractivity contribution in [3.8, 4) is 0 Å². The fourth-order valence-electron chi connectivity index (χ4n) is 2.18. The zero-order valence-electron chi connectivity index (χ0n) is 10.9. The van der Waals surface area contributed by atoms with Gasteiger partial charge in [0.1, 0.15) is 6.26 Å². The van der Waals surface area contributed by atoms with Gasteiger partial charge in [-0.2, -0.15) is 0 Å². The summed E-state index contributed by atoms with van der Waals surface area (Å²) in [6.45, 7) is 2.78. The maximum atomic E-state index is 11.7. The molecular formula is C12H20N4O2. The van der Waals surface area contributed by atoms with Crippen molar-refractivity contribution in [2.45, 2.75) is 18.9 Å². The smallest absolute Gasteiger partial charge is 0.274 e. The van der Waals surface area contributed by atoms with Crippen LogP contribution in [0.1, 0.15) is 23.3 Å². The molecule has 0 atom stereocenters. The molecule has 2 heterocycles. The summed E-state index contributed by atoms with van der Waals surface area (Å²) >= 11 is 0. The number of hydrogen-bond acceptors (Lipinski definition) is 5. The van der Waals surface area contributed by atoms with Crippen LogP contribution in [0.3, 0.4) is 0 Å². The minimum Gasteiger partial charge on any atom is -0.364 e. The molecule has 0 bridgehead atoms. The van der Waals surface area contributed by atoms with Crippen LogP contribution in [0.5, 0.6) is 0 Å². The Morgan fingerprint density at radius 1 is 1.61 bits per heavy atom. The maximum absolute atomic E-state index is 11.7. The lowest BCUT2D eigenvalue weighted by atomic mass is 10.0. The quantitative estimate of drug-likeness (QED) is 0.785. The summed E-state index contributed by atoms with van der Waals surface area (Å²) in [6.07, 6.45) is 3.69. The molecule has 1 fully saturated rings. The van der Waals surface area contributed by atoms with Gasteiger partial charge in [0.2, 0.25) is 0 Å². The molecule has 6 nitrogen and oxygen atoms in total. The fraction of sp³-hybridized carbons (Fsp3) is 0.667. The summed E-state index contributed by atoms with van der Waals surface area (Å²) in [4.78, 5) is 16.2. The molecule has 6 heteroatoms. The average Bonchev–Trinajstić information content (AvgIpc) is 2.90. The Morgan fingerprint density at radius 3 is 2.94 bits per heavy atom. The molecule has 0 unspecified atom stereocenters. The Kier molecular flexibility index (Phi) is 4.33. The number of piperidine rings is 1. The minimum atomic E-state index is -0.191. The summed E-state index contributed by atoms with van der Waals surface area (Å²) in [5, 5.41) is 6.45. The van der Waals surface area contributed by atoms with Gasteiger partial charge in [-0.05, 0) is 40.0 Å². The Balaban J connectivity index is 1.74. The minimum absolute atomic E-state index is 0.191. The molecule has 100 valence electrons. The van der Waals surface area contributed by atoms with Gasteiger partial charge >= 0.3 is 0 Å². The number of carbonyl (C=O) groups excluding carboxylic acids is 1. The highest BCUT2D eigenvalue weighted by atomic mass is 16.5. The summed E-state index contributed by atoms with van der Waals surface area (Å²) < 4.78 is 4.64. The molecule has 18 heavy (non-hydrogen) atoms. The van der Waals surface area contributed by atoms with Crippen LogP contribution in [-0.4, -0.2) is 60.8 Å². The lowest BCUT2D eigenvalue weighted by Gasteiger charge is -2.34. The van der Waals surface area contributed by atoms with E-state index in [-0.39, 0.29) is 5.91 Å². The molecule has 1 aromatic rings. The van der Waals surface area contributed by atoms with Crippen molar-refractivity contribution >= 4 is 5.91 Å². The molecule has 1 aliphatic heterocycles. The largest absolute Gasteiger partial charge is 0.364 e. The third-order valence-corrected chi connectivity index (χ3v) is 3.47. The molecule has 2 rings (SSSR count). The van der Waals surface area contributed by atoms with E-state index in [1.807, 2.05) is 7.05 Å². The van der Waals surface area contributed by atoms with E-state index in [2.05, 4.69) is 31.8 Å². The monoisotopic (exact) mass is 252 g/mol. The fourth-order valence-corrected chi connectivity index (χ4v) is 2.18. The van der Waals surface area contributed by atoms with Gasteiger partial charge < -0.3 is 14.7 Å². The molecule has 0 spiro atoms. The van der Waals surface area contributed by atoms with E-state index < -0.39 is 0 Å². The summed E-state index contributed by atoms with van der Waals surface area (Å²) in [6, 6.07) is 2.10. The first kappa shape index (κ1) is 13.0. The number of carbonyl (C=O) groups is 1. The zero-order valence-corrected chi connectivity index (χ0v) is 10.9. The number of rotatable bonds is 4. The summed E-state index contributed by atoms with van der Waals surface area (Å²) in [7, 11) is 4.18. The zero-order chi connectivity index (χ0) is 13.0. The third-order valence-electron chi connectivity index (χ3n) is 3.47. The lowest BCUT2D eigenvalue weighted by molar-refractivity contribution is 0.0878. The van der Waals surface area contributed by atoms with Crippen LogP contribution >= 0.6 is 0 Å². The molecule has 1 aromatic heterocycles. The predicted molar refractivity (Wildman–Crippen MR) is 67.1 cm³/mol. The van der Waals surface area contributed by atoms with Gasteiger partial charge in [-0.25, -0.2) is 0 Å². The second kappa shape index (κ2) is 5.97. The highest BCUT2D eigenvalue weighted by Crippen LogP contribution is 2.13. The van der Waals surface area contributed by atoms with Crippen LogP contribution in [-0.2, 0) is 0 Å². The summed E-state index contributed by atoms with van der Waals surface area (Å²) in [5.41, 5.74) is 0.326. The standard InChI is InChI=1S/C12H20N4O2/c1-15-6-3-10(4-7-15)16(2)9-13-12(17)11-5-8-18-14-11/h5,8,10H,3-4,6-7,9H2,1-2H3,(H,13,17). The first-order valence-corrected chi connectivity index (χ1v) is 6.24. The molecule has 0 aromatic carbocycles. The number of likely N-dealkylation sites (tertiary alicyclic amines) is 1. The highest BCUT2D eigenvalue weighted by Gasteiger charge is 2.20. The molecule has 0 aliphatic carbocycles. The van der Waals surface area contributed by atoms with E-state index in [1.165, 1.54) is 6.26 Å². The lowest BCUT2D eigenvalue weighted by Crippen LogP contribution is -2.46. The van der Waals surface area contributed by atoms with Gasteiger partial charge in [-0.3, -0.25) is 9.69 Å². The molecular weight excluding hydrogens is 232 g/mol. The molecule has 1 aliphatic rings. The van der Waals surface area contributed by atoms with Crippen molar-refractivity contribution in [1.82, 2.24) is 20.3 Å². The molecule has 0 saturated carbocycles.